The van der Waals surface area contributed by atoms with E-state index in [9.17, 15) is 9.90 Å². The summed E-state index contributed by atoms with van der Waals surface area (Å²) in [5.74, 6) is 0. The molecule has 0 aromatic rings. The predicted molar refractivity (Wildman–Crippen MR) is 94.8 cm³/mol. The van der Waals surface area contributed by atoms with Crippen LogP contribution in [-0.2, 0) is 18.0 Å². The maximum atomic E-state index is 11.9. The van der Waals surface area contributed by atoms with Crippen LogP contribution in [0.3, 0.4) is 0 Å². The van der Waals surface area contributed by atoms with Crippen LogP contribution in [-0.4, -0.2) is 63.2 Å². The summed E-state index contributed by atoms with van der Waals surface area (Å²) in [6, 6.07) is 0. The van der Waals surface area contributed by atoms with Crippen LogP contribution in [0.1, 0.15) is 48.0 Å². The normalized spacial score (nSPS) is 14.2. The summed E-state index contributed by atoms with van der Waals surface area (Å²) in [7, 11) is -3.23. The molecule has 1 N–H and O–H groups in total. The second-order valence-electron chi connectivity index (χ2n) is 5.38. The Labute approximate surface area is 146 Å². The molecule has 0 aromatic heterocycles. The Kier molecular flexibility index (Phi) is 11.1. The molecule has 1 amide bonds. The number of amides is 1. The van der Waals surface area contributed by atoms with Crippen LogP contribution in [0.4, 0.5) is 4.79 Å². The zero-order valence-electron chi connectivity index (χ0n) is 15.8. The molecule has 0 aliphatic rings. The minimum absolute atomic E-state index is 0.286. The summed E-state index contributed by atoms with van der Waals surface area (Å²) in [4.78, 5) is 13.2. The lowest BCUT2D eigenvalue weighted by Crippen LogP contribution is -2.65. The van der Waals surface area contributed by atoms with Crippen molar-refractivity contribution in [2.75, 3.05) is 26.4 Å². The molecule has 0 radical (unpaired) electrons. The van der Waals surface area contributed by atoms with Crippen molar-refractivity contribution in [1.29, 1.82) is 0 Å². The van der Waals surface area contributed by atoms with Crippen molar-refractivity contribution in [3.8, 4) is 0 Å². The van der Waals surface area contributed by atoms with Crippen molar-refractivity contribution in [2.45, 2.75) is 59.9 Å². The van der Waals surface area contributed by atoms with Crippen molar-refractivity contribution in [3.05, 3.63) is 12.2 Å². The molecule has 0 fully saturated rings. The van der Waals surface area contributed by atoms with E-state index in [1.54, 1.807) is 6.92 Å². The van der Waals surface area contributed by atoms with Crippen molar-refractivity contribution < 1.29 is 27.9 Å². The molecule has 8 heteroatoms. The first-order valence-electron chi connectivity index (χ1n) is 8.48. The van der Waals surface area contributed by atoms with E-state index in [1.807, 2.05) is 34.6 Å². The minimum atomic E-state index is -3.23. The maximum absolute atomic E-state index is 11.9. The molecule has 142 valence electrons. The van der Waals surface area contributed by atoms with Crippen molar-refractivity contribution in [2.24, 2.45) is 0 Å². The Morgan fingerprint density at radius 1 is 1.12 bits per heavy atom. The van der Waals surface area contributed by atoms with E-state index in [1.165, 1.54) is 4.90 Å². The van der Waals surface area contributed by atoms with Gasteiger partial charge in [0.15, 0.2) is 0 Å². The average molecular weight is 364 g/mol. The predicted octanol–water partition coefficient (Wildman–Crippen LogP) is 3.27. The van der Waals surface area contributed by atoms with Gasteiger partial charge in [-0.05, 0) is 41.0 Å². The number of carbonyl (C=O) groups is 1. The van der Waals surface area contributed by atoms with Crippen molar-refractivity contribution >= 4 is 14.9 Å². The number of carboxylic acid groups (broad SMARTS) is 1. The molecule has 24 heavy (non-hydrogen) atoms. The van der Waals surface area contributed by atoms with E-state index in [2.05, 4.69) is 6.58 Å². The molecule has 2 unspecified atom stereocenters. The van der Waals surface area contributed by atoms with Gasteiger partial charge in [-0.15, -0.1) is 0 Å². The van der Waals surface area contributed by atoms with E-state index in [0.717, 1.165) is 5.57 Å². The van der Waals surface area contributed by atoms with Crippen LogP contribution in [0.2, 0.25) is 0 Å². The number of rotatable bonds is 13. The van der Waals surface area contributed by atoms with E-state index < -0.39 is 26.8 Å². The summed E-state index contributed by atoms with van der Waals surface area (Å²) in [6.07, 6.45) is -1.26. The third-order valence-electron chi connectivity index (χ3n) is 3.35. The van der Waals surface area contributed by atoms with Crippen LogP contribution in [0, 0.1) is 0 Å². The summed E-state index contributed by atoms with van der Waals surface area (Å²) in [5.41, 5.74) is 0.276. The minimum Gasteiger partial charge on any atom is -0.465 e. The van der Waals surface area contributed by atoms with Gasteiger partial charge in [-0.1, -0.05) is 19.1 Å². The number of hydrogen-bond acceptors (Lipinski definition) is 5. The first kappa shape index (κ1) is 23.1. The zero-order chi connectivity index (χ0) is 18.8. The zero-order valence-corrected chi connectivity index (χ0v) is 16.8. The highest BCUT2D eigenvalue weighted by Crippen LogP contribution is 2.25. The Bertz CT molecular complexity index is 376. The molecule has 0 rings (SSSR count). The lowest BCUT2D eigenvalue weighted by molar-refractivity contribution is -0.0549. The largest absolute Gasteiger partial charge is 0.524 e. The van der Waals surface area contributed by atoms with E-state index in [-0.39, 0.29) is 6.61 Å². The van der Waals surface area contributed by atoms with E-state index >= 15 is 0 Å². The van der Waals surface area contributed by atoms with Gasteiger partial charge >= 0.3 is 14.9 Å². The smallest absolute Gasteiger partial charge is 0.465 e. The SMILES string of the molecule is C=C(C)COC(C)N(C(=O)O)C(CC)[Si](OCC)(OCC)OCC. The lowest BCUT2D eigenvalue weighted by Gasteiger charge is -2.41. The molecule has 0 aromatic carbocycles. The molecule has 0 bridgehead atoms. The standard InChI is InChI=1S/C16H33NO6Si/c1-8-15(24(21-9-2,22-10-3)23-11-4)17(16(18)19)14(7)20-12-13(5)6/h14-15H,5,8-12H2,1-4,6-7H3,(H,18,19). The van der Waals surface area contributed by atoms with E-state index in [4.69, 9.17) is 18.0 Å². The lowest BCUT2D eigenvalue weighted by atomic mass is 10.3. The second-order valence-corrected chi connectivity index (χ2v) is 8.12. The highest BCUT2D eigenvalue weighted by atomic mass is 28.4. The van der Waals surface area contributed by atoms with Gasteiger partial charge in [0.1, 0.15) is 11.9 Å². The fourth-order valence-electron chi connectivity index (χ4n) is 2.52. The summed E-state index contributed by atoms with van der Waals surface area (Å²) < 4.78 is 23.3. The molecule has 2 atom stereocenters. The van der Waals surface area contributed by atoms with Gasteiger partial charge in [0.25, 0.3) is 0 Å². The van der Waals surface area contributed by atoms with Crippen LogP contribution in [0.5, 0.6) is 0 Å². The fourth-order valence-corrected chi connectivity index (χ4v) is 5.71. The Balaban J connectivity index is 5.68. The molecule has 0 heterocycles. The van der Waals surface area contributed by atoms with Gasteiger partial charge in [0.05, 0.1) is 6.61 Å². The Morgan fingerprint density at radius 2 is 1.58 bits per heavy atom. The van der Waals surface area contributed by atoms with Crippen LogP contribution >= 0.6 is 0 Å². The monoisotopic (exact) mass is 363 g/mol. The quantitative estimate of drug-likeness (QED) is 0.307. The topological polar surface area (TPSA) is 77.5 Å². The van der Waals surface area contributed by atoms with Gasteiger partial charge in [-0.25, -0.2) is 4.79 Å². The van der Waals surface area contributed by atoms with Gasteiger partial charge in [-0.2, -0.15) is 0 Å². The molecule has 0 aliphatic heterocycles. The van der Waals surface area contributed by atoms with E-state index in [0.29, 0.717) is 26.2 Å². The molecule has 0 aliphatic carbocycles. The molecule has 0 saturated heterocycles. The highest BCUT2D eigenvalue weighted by molar-refractivity contribution is 6.62. The fraction of sp³-hybridized carbons (Fsp3) is 0.812. The Morgan fingerprint density at radius 3 is 1.88 bits per heavy atom. The van der Waals surface area contributed by atoms with Gasteiger partial charge in [-0.3, -0.25) is 4.90 Å². The van der Waals surface area contributed by atoms with Crippen LogP contribution in [0.15, 0.2) is 12.2 Å². The number of hydrogen-bond donors (Lipinski definition) is 1. The van der Waals surface area contributed by atoms with Crippen molar-refractivity contribution in [1.82, 2.24) is 4.90 Å². The number of nitrogens with zero attached hydrogens (tertiary/aromatic N) is 1. The van der Waals surface area contributed by atoms with Gasteiger partial charge in [0.2, 0.25) is 0 Å². The second kappa shape index (κ2) is 11.6. The number of ether oxygens (including phenoxy) is 1. The third kappa shape index (κ3) is 6.52. The van der Waals surface area contributed by atoms with Crippen LogP contribution < -0.4 is 0 Å². The average Bonchev–Trinajstić information content (AvgIpc) is 2.50. The van der Waals surface area contributed by atoms with Gasteiger partial charge < -0.3 is 23.1 Å². The first-order chi connectivity index (χ1) is 11.3. The maximum Gasteiger partial charge on any atom is 0.524 e. The highest BCUT2D eigenvalue weighted by Gasteiger charge is 2.54. The summed E-state index contributed by atoms with van der Waals surface area (Å²) in [6.45, 7) is 16.2. The molecular formula is C16H33NO6Si. The molecular weight excluding hydrogens is 330 g/mol. The molecule has 0 spiro atoms. The first-order valence-corrected chi connectivity index (χ1v) is 10.3. The van der Waals surface area contributed by atoms with Crippen LogP contribution in [0.25, 0.3) is 0 Å². The third-order valence-corrected chi connectivity index (χ3v) is 6.93. The van der Waals surface area contributed by atoms with Gasteiger partial charge in [0, 0.05) is 19.8 Å². The summed E-state index contributed by atoms with van der Waals surface area (Å²) in [5, 5.41) is 9.76. The summed E-state index contributed by atoms with van der Waals surface area (Å²) >= 11 is 0. The Hall–Kier alpha value is -0.933. The van der Waals surface area contributed by atoms with Crippen molar-refractivity contribution in [3.63, 3.8) is 0 Å². The molecule has 0 saturated carbocycles. The molecule has 7 nitrogen and oxygen atoms in total.